The number of nitriles is 1. The molecule has 0 bridgehead atoms. The highest BCUT2D eigenvalue weighted by atomic mass is 35.5. The quantitative estimate of drug-likeness (QED) is 0.936. The highest BCUT2D eigenvalue weighted by Gasteiger charge is 2.11. The van der Waals surface area contributed by atoms with E-state index >= 15 is 0 Å². The molecule has 0 saturated heterocycles. The maximum Gasteiger partial charge on any atom is 0.337 e. The minimum absolute atomic E-state index is 0.0542. The van der Waals surface area contributed by atoms with Gasteiger partial charge in [-0.25, -0.2) is 9.18 Å². The first-order valence-electron chi connectivity index (χ1n) is 5.85. The Bertz CT molecular complexity index is 740. The summed E-state index contributed by atoms with van der Waals surface area (Å²) in [4.78, 5) is 11.0. The van der Waals surface area contributed by atoms with Crippen molar-refractivity contribution in [2.75, 3.05) is 0 Å². The van der Waals surface area contributed by atoms with E-state index < -0.39 is 11.8 Å². The first-order chi connectivity index (χ1) is 10.0. The lowest BCUT2D eigenvalue weighted by atomic mass is 10.1. The fourth-order valence-electron chi connectivity index (χ4n) is 1.71. The zero-order valence-corrected chi connectivity index (χ0v) is 11.4. The SMILES string of the molecule is N#Cc1ccc(F)cc1COc1ccc(Cl)c(C(=O)O)c1. The van der Waals surface area contributed by atoms with Gasteiger partial charge in [-0.3, -0.25) is 0 Å². The lowest BCUT2D eigenvalue weighted by Gasteiger charge is -2.09. The largest absolute Gasteiger partial charge is 0.489 e. The van der Waals surface area contributed by atoms with Crippen molar-refractivity contribution in [3.63, 3.8) is 0 Å². The molecule has 0 heterocycles. The average Bonchev–Trinajstić information content (AvgIpc) is 2.46. The van der Waals surface area contributed by atoms with Gasteiger partial charge in [0.25, 0.3) is 0 Å². The molecule has 2 aromatic carbocycles. The van der Waals surface area contributed by atoms with Crippen LogP contribution in [0.15, 0.2) is 36.4 Å². The third-order valence-corrected chi connectivity index (χ3v) is 3.08. The number of aromatic carboxylic acids is 1. The van der Waals surface area contributed by atoms with Gasteiger partial charge in [-0.05, 0) is 36.4 Å². The van der Waals surface area contributed by atoms with Crippen LogP contribution in [0.1, 0.15) is 21.5 Å². The Morgan fingerprint density at radius 3 is 2.76 bits per heavy atom. The molecule has 0 aliphatic rings. The molecule has 4 nitrogen and oxygen atoms in total. The van der Waals surface area contributed by atoms with Gasteiger partial charge in [0.2, 0.25) is 0 Å². The third-order valence-electron chi connectivity index (χ3n) is 2.75. The summed E-state index contributed by atoms with van der Waals surface area (Å²) in [6.45, 7) is -0.0542. The van der Waals surface area contributed by atoms with Crippen LogP contribution in [0.2, 0.25) is 5.02 Å². The molecule has 0 amide bonds. The van der Waals surface area contributed by atoms with Crippen molar-refractivity contribution in [3.8, 4) is 11.8 Å². The molecule has 0 atom stereocenters. The molecule has 2 rings (SSSR count). The number of carboxylic acids is 1. The smallest absolute Gasteiger partial charge is 0.337 e. The Balaban J connectivity index is 2.21. The van der Waals surface area contributed by atoms with Gasteiger partial charge < -0.3 is 9.84 Å². The fourth-order valence-corrected chi connectivity index (χ4v) is 1.91. The van der Waals surface area contributed by atoms with Gasteiger partial charge in [-0.15, -0.1) is 0 Å². The Hall–Kier alpha value is -2.58. The second-order valence-electron chi connectivity index (χ2n) is 4.15. The molecule has 0 unspecified atom stereocenters. The first kappa shape index (κ1) is 14.8. The summed E-state index contributed by atoms with van der Waals surface area (Å²) in [5, 5.41) is 18.0. The predicted octanol–water partition coefficient (Wildman–Crippen LogP) is 3.63. The van der Waals surface area contributed by atoms with Crippen molar-refractivity contribution in [2.45, 2.75) is 6.61 Å². The summed E-state index contributed by atoms with van der Waals surface area (Å²) >= 11 is 5.75. The molecule has 0 saturated carbocycles. The fraction of sp³-hybridized carbons (Fsp3) is 0.0667. The van der Waals surface area contributed by atoms with E-state index in [4.69, 9.17) is 26.7 Å². The summed E-state index contributed by atoms with van der Waals surface area (Å²) in [5.41, 5.74) is 0.585. The summed E-state index contributed by atoms with van der Waals surface area (Å²) in [6, 6.07) is 9.86. The normalized spacial score (nSPS) is 9.95. The molecular formula is C15H9ClFNO3. The van der Waals surface area contributed by atoms with Gasteiger partial charge in [0.1, 0.15) is 18.2 Å². The van der Waals surface area contributed by atoms with Crippen LogP contribution in [0.5, 0.6) is 5.75 Å². The Morgan fingerprint density at radius 1 is 1.33 bits per heavy atom. The van der Waals surface area contributed by atoms with Crippen LogP contribution >= 0.6 is 11.6 Å². The molecule has 6 heteroatoms. The van der Waals surface area contributed by atoms with Crippen molar-refractivity contribution in [1.82, 2.24) is 0 Å². The molecule has 0 spiro atoms. The minimum atomic E-state index is -1.17. The zero-order valence-electron chi connectivity index (χ0n) is 10.6. The van der Waals surface area contributed by atoms with Gasteiger partial charge in [0.15, 0.2) is 0 Å². The third kappa shape index (κ3) is 3.50. The van der Waals surface area contributed by atoms with Crippen molar-refractivity contribution >= 4 is 17.6 Å². The monoisotopic (exact) mass is 305 g/mol. The molecule has 0 radical (unpaired) electrons. The van der Waals surface area contributed by atoms with Gasteiger partial charge in [0.05, 0.1) is 22.2 Å². The summed E-state index contributed by atoms with van der Waals surface area (Å²) < 4.78 is 18.6. The number of carboxylic acid groups (broad SMARTS) is 1. The summed E-state index contributed by atoms with van der Waals surface area (Å²) in [5.74, 6) is -1.38. The number of halogens is 2. The Labute approximate surface area is 125 Å². The first-order valence-corrected chi connectivity index (χ1v) is 6.23. The molecule has 2 aromatic rings. The van der Waals surface area contributed by atoms with Crippen LogP contribution in [0.25, 0.3) is 0 Å². The molecule has 0 fully saturated rings. The Kier molecular flexibility index (Phi) is 4.41. The van der Waals surface area contributed by atoms with Crippen molar-refractivity contribution in [2.24, 2.45) is 0 Å². The maximum atomic E-state index is 13.2. The molecule has 0 aliphatic carbocycles. The van der Waals surface area contributed by atoms with Crippen LogP contribution in [-0.4, -0.2) is 11.1 Å². The number of ether oxygens (including phenoxy) is 1. The van der Waals surface area contributed by atoms with Gasteiger partial charge >= 0.3 is 5.97 Å². The van der Waals surface area contributed by atoms with E-state index in [1.54, 1.807) is 0 Å². The highest BCUT2D eigenvalue weighted by molar-refractivity contribution is 6.33. The van der Waals surface area contributed by atoms with Gasteiger partial charge in [0, 0.05) is 5.56 Å². The molecule has 0 aliphatic heterocycles. The predicted molar refractivity (Wildman–Crippen MR) is 73.9 cm³/mol. The van der Waals surface area contributed by atoms with Crippen LogP contribution in [0, 0.1) is 17.1 Å². The van der Waals surface area contributed by atoms with Crippen molar-refractivity contribution in [3.05, 3.63) is 63.9 Å². The van der Waals surface area contributed by atoms with E-state index in [1.165, 1.54) is 36.4 Å². The maximum absolute atomic E-state index is 13.2. The summed E-state index contributed by atoms with van der Waals surface area (Å²) in [7, 11) is 0. The van der Waals surface area contributed by atoms with E-state index in [0.717, 1.165) is 0 Å². The highest BCUT2D eigenvalue weighted by Crippen LogP contribution is 2.23. The van der Waals surface area contributed by atoms with Gasteiger partial charge in [-0.1, -0.05) is 11.6 Å². The van der Waals surface area contributed by atoms with E-state index in [2.05, 4.69) is 0 Å². The molecule has 21 heavy (non-hydrogen) atoms. The van der Waals surface area contributed by atoms with Crippen LogP contribution in [-0.2, 0) is 6.61 Å². The topological polar surface area (TPSA) is 70.3 Å². The Morgan fingerprint density at radius 2 is 2.10 bits per heavy atom. The standard InChI is InChI=1S/C15H9ClFNO3/c16-14-4-3-12(6-13(14)15(19)20)21-8-10-5-11(17)2-1-9(10)7-18/h1-6H,8H2,(H,19,20). The van der Waals surface area contributed by atoms with Crippen LogP contribution < -0.4 is 4.74 Å². The lowest BCUT2D eigenvalue weighted by Crippen LogP contribution is -2.02. The number of benzene rings is 2. The number of hydrogen-bond acceptors (Lipinski definition) is 3. The van der Waals surface area contributed by atoms with E-state index in [1.807, 2.05) is 6.07 Å². The van der Waals surface area contributed by atoms with Crippen LogP contribution in [0.4, 0.5) is 4.39 Å². The molecule has 1 N–H and O–H groups in total. The summed E-state index contributed by atoms with van der Waals surface area (Å²) in [6.07, 6.45) is 0. The molecule has 106 valence electrons. The molecule has 0 aromatic heterocycles. The zero-order chi connectivity index (χ0) is 15.4. The van der Waals surface area contributed by atoms with Gasteiger partial charge in [-0.2, -0.15) is 5.26 Å². The number of carbonyl (C=O) groups is 1. The number of hydrogen-bond donors (Lipinski definition) is 1. The van der Waals surface area contributed by atoms with E-state index in [-0.39, 0.29) is 22.9 Å². The van der Waals surface area contributed by atoms with Crippen molar-refractivity contribution < 1.29 is 19.0 Å². The minimum Gasteiger partial charge on any atom is -0.489 e. The number of nitrogens with zero attached hydrogens (tertiary/aromatic N) is 1. The van der Waals surface area contributed by atoms with Crippen LogP contribution in [0.3, 0.4) is 0 Å². The van der Waals surface area contributed by atoms with E-state index in [0.29, 0.717) is 11.1 Å². The lowest BCUT2D eigenvalue weighted by molar-refractivity contribution is 0.0696. The van der Waals surface area contributed by atoms with E-state index in [9.17, 15) is 9.18 Å². The number of rotatable bonds is 4. The second-order valence-corrected chi connectivity index (χ2v) is 4.56. The second kappa shape index (κ2) is 6.25. The molecular weight excluding hydrogens is 297 g/mol. The van der Waals surface area contributed by atoms with Crippen molar-refractivity contribution in [1.29, 1.82) is 5.26 Å². The average molecular weight is 306 g/mol.